The minimum atomic E-state index is 1.16. The van der Waals surface area contributed by atoms with Gasteiger partial charge >= 0.3 is 0 Å². The molecule has 0 aliphatic rings. The number of aromatic nitrogens is 2. The highest BCUT2D eigenvalue weighted by Crippen LogP contribution is 2.44. The average Bonchev–Trinajstić information content (AvgIpc) is 3.76. The molecule has 0 spiro atoms. The minimum Gasteiger partial charge on any atom is -0.309 e. The highest BCUT2D eigenvalue weighted by molar-refractivity contribution is 6.29. The average molecular weight is 685 g/mol. The summed E-state index contributed by atoms with van der Waals surface area (Å²) in [7, 11) is 0. The van der Waals surface area contributed by atoms with Crippen molar-refractivity contribution in [2.45, 2.75) is 0 Å². The zero-order valence-electron chi connectivity index (χ0n) is 29.4. The second kappa shape index (κ2) is 11.2. The molecule has 0 aliphatic carbocycles. The number of hydrogen-bond acceptors (Lipinski definition) is 0. The molecule has 0 saturated heterocycles. The van der Waals surface area contributed by atoms with E-state index in [1.807, 2.05) is 0 Å². The molecule has 250 valence electrons. The van der Waals surface area contributed by atoms with E-state index in [1.165, 1.54) is 104 Å². The Morgan fingerprint density at radius 3 is 1.41 bits per heavy atom. The summed E-state index contributed by atoms with van der Waals surface area (Å²) >= 11 is 0. The molecular formula is C52H32N2. The number of hydrogen-bond donors (Lipinski definition) is 0. The number of rotatable bonds is 3. The smallest absolute Gasteiger partial charge is 0.0541 e. The van der Waals surface area contributed by atoms with Crippen molar-refractivity contribution in [3.63, 3.8) is 0 Å². The highest BCUT2D eigenvalue weighted by Gasteiger charge is 2.20. The fourth-order valence-corrected chi connectivity index (χ4v) is 9.31. The predicted molar refractivity (Wildman–Crippen MR) is 231 cm³/mol. The topological polar surface area (TPSA) is 9.86 Å². The monoisotopic (exact) mass is 684 g/mol. The van der Waals surface area contributed by atoms with Gasteiger partial charge in [-0.05, 0) is 109 Å². The van der Waals surface area contributed by atoms with Crippen LogP contribution in [0.15, 0.2) is 194 Å². The van der Waals surface area contributed by atoms with Gasteiger partial charge in [-0.3, -0.25) is 0 Å². The molecule has 2 heterocycles. The Morgan fingerprint density at radius 2 is 0.741 bits per heavy atom. The molecule has 0 amide bonds. The largest absolute Gasteiger partial charge is 0.309 e. The van der Waals surface area contributed by atoms with Crippen LogP contribution in [0.2, 0.25) is 0 Å². The van der Waals surface area contributed by atoms with Gasteiger partial charge in [0.25, 0.3) is 0 Å². The maximum atomic E-state index is 2.46. The molecule has 0 bridgehead atoms. The first kappa shape index (κ1) is 29.4. The third-order valence-corrected chi connectivity index (χ3v) is 11.6. The van der Waals surface area contributed by atoms with Crippen LogP contribution in [0.3, 0.4) is 0 Å². The Balaban J connectivity index is 1.21. The van der Waals surface area contributed by atoms with Crippen LogP contribution in [0.5, 0.6) is 0 Å². The van der Waals surface area contributed by atoms with Crippen molar-refractivity contribution in [2.24, 2.45) is 0 Å². The molecule has 0 N–H and O–H groups in total. The SMILES string of the molecule is c1ccc2cc(-n3c4ccccc4c4cc(-c5cc(-n6c7ccccc7c7ccccc76)cc6c7ccccc7c7ccccc7c56)ccc43)ccc2c1. The molecule has 0 saturated carbocycles. The molecule has 0 fully saturated rings. The molecule has 0 atom stereocenters. The normalized spacial score (nSPS) is 12.1. The highest BCUT2D eigenvalue weighted by atomic mass is 15.0. The zero-order chi connectivity index (χ0) is 35.3. The van der Waals surface area contributed by atoms with Crippen LogP contribution in [-0.4, -0.2) is 9.13 Å². The van der Waals surface area contributed by atoms with Gasteiger partial charge in [-0.2, -0.15) is 0 Å². The molecule has 54 heavy (non-hydrogen) atoms. The summed E-state index contributed by atoms with van der Waals surface area (Å²) in [4.78, 5) is 0. The molecule has 2 heteroatoms. The van der Waals surface area contributed by atoms with Crippen molar-refractivity contribution in [3.05, 3.63) is 194 Å². The van der Waals surface area contributed by atoms with Crippen molar-refractivity contribution in [2.75, 3.05) is 0 Å². The summed E-state index contributed by atoms with van der Waals surface area (Å²) in [6.07, 6.45) is 0. The molecule has 12 rings (SSSR count). The lowest BCUT2D eigenvalue weighted by Gasteiger charge is -2.18. The third-order valence-electron chi connectivity index (χ3n) is 11.6. The van der Waals surface area contributed by atoms with Gasteiger partial charge in [-0.25, -0.2) is 0 Å². The molecule has 0 aliphatic heterocycles. The number of nitrogens with zero attached hydrogens (tertiary/aromatic N) is 2. The van der Waals surface area contributed by atoms with Crippen LogP contribution in [0.25, 0.3) is 109 Å². The quantitative estimate of drug-likeness (QED) is 0.164. The lowest BCUT2D eigenvalue weighted by Crippen LogP contribution is -1.97. The molecule has 0 radical (unpaired) electrons. The second-order valence-corrected chi connectivity index (χ2v) is 14.5. The molecule has 12 aromatic rings. The Bertz CT molecular complexity index is 3450. The summed E-state index contributed by atoms with van der Waals surface area (Å²) in [5.74, 6) is 0. The Hall–Kier alpha value is -7.16. The van der Waals surface area contributed by atoms with Gasteiger partial charge in [0.1, 0.15) is 0 Å². The van der Waals surface area contributed by atoms with Crippen molar-refractivity contribution < 1.29 is 0 Å². The maximum Gasteiger partial charge on any atom is 0.0541 e. The first-order valence-corrected chi connectivity index (χ1v) is 18.7. The molecule has 2 nitrogen and oxygen atoms in total. The first-order valence-electron chi connectivity index (χ1n) is 18.7. The van der Waals surface area contributed by atoms with Gasteiger partial charge in [-0.1, -0.05) is 140 Å². The van der Waals surface area contributed by atoms with E-state index in [4.69, 9.17) is 0 Å². The van der Waals surface area contributed by atoms with Crippen LogP contribution in [0.1, 0.15) is 0 Å². The number of fused-ring (bicyclic) bond motifs is 13. The van der Waals surface area contributed by atoms with E-state index < -0.39 is 0 Å². The first-order chi connectivity index (χ1) is 26.8. The summed E-state index contributed by atoms with van der Waals surface area (Å²) in [5, 5.41) is 15.2. The summed E-state index contributed by atoms with van der Waals surface area (Å²) in [6, 6.07) is 71.7. The number of benzene rings is 10. The fraction of sp³-hybridized carbons (Fsp3) is 0. The fourth-order valence-electron chi connectivity index (χ4n) is 9.31. The molecule has 0 unspecified atom stereocenters. The van der Waals surface area contributed by atoms with Crippen LogP contribution >= 0.6 is 0 Å². The standard InChI is InChI=1S/C52H32N2/c1-2-14-34-29-36(27-25-33(34)13-1)53-50-24-12-9-20-43(50)46-30-35(26-28-51(46)53)45-31-37(54-48-22-10-7-18-41(48)42-19-8-11-23-49(42)54)32-47-40-17-4-3-15-38(40)39-16-5-6-21-44(39)52(45)47/h1-32H. The summed E-state index contributed by atoms with van der Waals surface area (Å²) < 4.78 is 4.89. The van der Waals surface area contributed by atoms with Gasteiger partial charge < -0.3 is 9.13 Å². The molecule has 10 aromatic carbocycles. The third kappa shape index (κ3) is 4.11. The van der Waals surface area contributed by atoms with Crippen LogP contribution in [-0.2, 0) is 0 Å². The van der Waals surface area contributed by atoms with E-state index in [9.17, 15) is 0 Å². The van der Waals surface area contributed by atoms with Gasteiger partial charge in [0.05, 0.1) is 22.1 Å². The van der Waals surface area contributed by atoms with Gasteiger partial charge in [0.15, 0.2) is 0 Å². The van der Waals surface area contributed by atoms with Crippen molar-refractivity contribution in [1.82, 2.24) is 9.13 Å². The maximum absolute atomic E-state index is 2.46. The Labute approximate surface area is 311 Å². The van der Waals surface area contributed by atoms with Crippen molar-refractivity contribution in [1.29, 1.82) is 0 Å². The van der Waals surface area contributed by atoms with E-state index >= 15 is 0 Å². The lowest BCUT2D eigenvalue weighted by atomic mass is 9.88. The van der Waals surface area contributed by atoms with Crippen molar-refractivity contribution in [3.8, 4) is 22.5 Å². The van der Waals surface area contributed by atoms with E-state index in [2.05, 4.69) is 203 Å². The summed E-state index contributed by atoms with van der Waals surface area (Å²) in [5.41, 5.74) is 9.60. The van der Waals surface area contributed by atoms with Crippen LogP contribution in [0, 0.1) is 0 Å². The minimum absolute atomic E-state index is 1.16. The van der Waals surface area contributed by atoms with Crippen LogP contribution in [0.4, 0.5) is 0 Å². The van der Waals surface area contributed by atoms with E-state index in [0.717, 1.165) is 5.69 Å². The Kier molecular flexibility index (Phi) is 6.09. The van der Waals surface area contributed by atoms with Gasteiger partial charge in [-0.15, -0.1) is 0 Å². The second-order valence-electron chi connectivity index (χ2n) is 14.5. The van der Waals surface area contributed by atoms with E-state index in [1.54, 1.807) is 0 Å². The van der Waals surface area contributed by atoms with Gasteiger partial charge in [0, 0.05) is 32.9 Å². The van der Waals surface area contributed by atoms with Crippen molar-refractivity contribution >= 4 is 86.7 Å². The van der Waals surface area contributed by atoms with E-state index in [0.29, 0.717) is 0 Å². The molecule has 2 aromatic heterocycles. The van der Waals surface area contributed by atoms with Gasteiger partial charge in [0.2, 0.25) is 0 Å². The van der Waals surface area contributed by atoms with Crippen LogP contribution < -0.4 is 0 Å². The molecular weight excluding hydrogens is 653 g/mol. The van der Waals surface area contributed by atoms with E-state index in [-0.39, 0.29) is 0 Å². The summed E-state index contributed by atoms with van der Waals surface area (Å²) in [6.45, 7) is 0. The zero-order valence-corrected chi connectivity index (χ0v) is 29.4. The lowest BCUT2D eigenvalue weighted by molar-refractivity contribution is 1.18. The Morgan fingerprint density at radius 1 is 0.259 bits per heavy atom. The predicted octanol–water partition coefficient (Wildman–Crippen LogP) is 14.2. The number of para-hydroxylation sites is 3.